The van der Waals surface area contributed by atoms with Gasteiger partial charge >= 0.3 is 0 Å². The largest absolute Gasteiger partial charge is 0.384 e. The number of primary amides is 1. The SMILES string of the molecule is CC(NC(=O)[C@@H]1C[C@H](n2nncc2C(C)(C)O)CN1C(=O)/C(CC1CCCCC1)=N/C(=O)c1ccc(S(=O)(=O)C(C)C)cc1)C(=O)C(N)=O. The highest BCUT2D eigenvalue weighted by Gasteiger charge is 2.44. The number of nitrogens with two attached hydrogens (primary N) is 1. The number of hydrogen-bond donors (Lipinski definition) is 3. The molecule has 1 unspecified atom stereocenters. The van der Waals surface area contributed by atoms with Crippen LogP contribution in [0.3, 0.4) is 0 Å². The number of aliphatic imine (C=N–C) groups is 1. The minimum Gasteiger partial charge on any atom is -0.384 e. The summed E-state index contributed by atoms with van der Waals surface area (Å²) in [6.07, 6.45) is 6.21. The molecule has 1 aliphatic heterocycles. The first kappa shape index (κ1) is 37.5. The van der Waals surface area contributed by atoms with Crippen molar-refractivity contribution in [3.63, 3.8) is 0 Å². The molecule has 1 aromatic heterocycles. The Kier molecular flexibility index (Phi) is 11.5. The molecular weight excluding hydrogens is 654 g/mol. The van der Waals surface area contributed by atoms with Crippen molar-refractivity contribution in [2.45, 2.75) is 113 Å². The van der Waals surface area contributed by atoms with Gasteiger partial charge in [0.05, 0.1) is 34.1 Å². The van der Waals surface area contributed by atoms with Gasteiger partial charge in [0.2, 0.25) is 11.7 Å². The van der Waals surface area contributed by atoms with E-state index in [-0.39, 0.29) is 41.5 Å². The van der Waals surface area contributed by atoms with Crippen LogP contribution in [0.4, 0.5) is 0 Å². The number of nitrogens with one attached hydrogen (secondary N) is 1. The molecule has 2 fully saturated rings. The van der Waals surface area contributed by atoms with E-state index in [1.54, 1.807) is 27.7 Å². The van der Waals surface area contributed by atoms with Crippen LogP contribution in [-0.4, -0.2) is 92.4 Å². The highest BCUT2D eigenvalue weighted by molar-refractivity contribution is 7.92. The Balaban J connectivity index is 1.71. The predicted octanol–water partition coefficient (Wildman–Crippen LogP) is 1.64. The topological polar surface area (TPSA) is 224 Å². The lowest BCUT2D eigenvalue weighted by molar-refractivity contribution is -0.139. The molecule has 3 atom stereocenters. The number of rotatable bonds is 12. The first-order valence-corrected chi connectivity index (χ1v) is 18.0. The number of Topliss-reactive ketones (excluding diaryl/α,β-unsaturated/α-hetero) is 1. The van der Waals surface area contributed by atoms with Gasteiger partial charge in [-0.1, -0.05) is 37.3 Å². The zero-order valence-electron chi connectivity index (χ0n) is 28.5. The highest BCUT2D eigenvalue weighted by atomic mass is 32.2. The van der Waals surface area contributed by atoms with Gasteiger partial charge in [0.1, 0.15) is 17.4 Å². The van der Waals surface area contributed by atoms with Gasteiger partial charge in [-0.2, -0.15) is 0 Å². The summed E-state index contributed by atoms with van der Waals surface area (Å²) < 4.78 is 26.6. The van der Waals surface area contributed by atoms with Crippen LogP contribution in [0, 0.1) is 5.92 Å². The molecule has 4 N–H and O–H groups in total. The Morgan fingerprint density at radius 2 is 1.69 bits per heavy atom. The van der Waals surface area contributed by atoms with Crippen LogP contribution in [-0.2, 0) is 34.6 Å². The Morgan fingerprint density at radius 3 is 2.27 bits per heavy atom. The van der Waals surface area contributed by atoms with Gasteiger partial charge in [0.25, 0.3) is 17.7 Å². The minimum absolute atomic E-state index is 0.0118. The lowest BCUT2D eigenvalue weighted by Crippen LogP contribution is -2.52. The van der Waals surface area contributed by atoms with E-state index >= 15 is 0 Å². The first-order chi connectivity index (χ1) is 22.9. The van der Waals surface area contributed by atoms with Crippen LogP contribution in [0.15, 0.2) is 40.4 Å². The summed E-state index contributed by atoms with van der Waals surface area (Å²) in [5, 5.41) is 20.6. The van der Waals surface area contributed by atoms with Crippen molar-refractivity contribution in [1.29, 1.82) is 0 Å². The molecule has 0 spiro atoms. The molecule has 1 saturated carbocycles. The summed E-state index contributed by atoms with van der Waals surface area (Å²) in [6.45, 7) is 7.45. The second kappa shape index (κ2) is 15.1. The lowest BCUT2D eigenvalue weighted by atomic mass is 9.85. The molecule has 16 heteroatoms. The number of nitrogens with zero attached hydrogens (tertiary/aromatic N) is 5. The van der Waals surface area contributed by atoms with E-state index in [4.69, 9.17) is 5.73 Å². The third kappa shape index (κ3) is 8.65. The Bertz CT molecular complexity index is 1720. The molecule has 49 heavy (non-hydrogen) atoms. The molecule has 15 nitrogen and oxygen atoms in total. The molecule has 0 radical (unpaired) electrons. The van der Waals surface area contributed by atoms with E-state index in [9.17, 15) is 37.5 Å². The van der Waals surface area contributed by atoms with Crippen LogP contribution >= 0.6 is 0 Å². The second-order valence-corrected chi connectivity index (χ2v) is 16.1. The highest BCUT2D eigenvalue weighted by Crippen LogP contribution is 2.33. The fourth-order valence-corrected chi connectivity index (χ4v) is 7.32. The number of benzene rings is 1. The summed E-state index contributed by atoms with van der Waals surface area (Å²) in [4.78, 5) is 70.9. The van der Waals surface area contributed by atoms with Gasteiger partial charge in [-0.3, -0.25) is 24.0 Å². The Labute approximate surface area is 285 Å². The van der Waals surface area contributed by atoms with Crippen LogP contribution in [0.2, 0.25) is 0 Å². The van der Waals surface area contributed by atoms with Gasteiger partial charge in [0, 0.05) is 18.5 Å². The third-order valence-electron chi connectivity index (χ3n) is 9.13. The maximum Gasteiger partial charge on any atom is 0.287 e. The maximum absolute atomic E-state index is 14.4. The number of likely N-dealkylation sites (tertiary alicyclic amines) is 1. The van der Waals surface area contributed by atoms with E-state index in [1.165, 1.54) is 47.0 Å². The molecule has 1 aliphatic carbocycles. The monoisotopic (exact) mass is 699 g/mol. The van der Waals surface area contributed by atoms with E-state index < -0.39 is 68.2 Å². The summed E-state index contributed by atoms with van der Waals surface area (Å²) in [7, 11) is -3.58. The molecule has 2 aromatic rings. The van der Waals surface area contributed by atoms with Crippen molar-refractivity contribution in [3.8, 4) is 0 Å². The van der Waals surface area contributed by atoms with Crippen LogP contribution in [0.25, 0.3) is 0 Å². The zero-order valence-corrected chi connectivity index (χ0v) is 29.3. The molecular formula is C33H45N7O8S. The van der Waals surface area contributed by atoms with Crippen molar-refractivity contribution >= 4 is 45.0 Å². The summed E-state index contributed by atoms with van der Waals surface area (Å²) in [6, 6.07) is 2.30. The molecule has 4 rings (SSSR count). The van der Waals surface area contributed by atoms with E-state index in [0.29, 0.717) is 5.69 Å². The fraction of sp³-hybridized carbons (Fsp3) is 0.576. The van der Waals surface area contributed by atoms with Gasteiger partial charge in [-0.25, -0.2) is 18.1 Å². The van der Waals surface area contributed by atoms with Crippen molar-refractivity contribution < 1.29 is 37.5 Å². The Morgan fingerprint density at radius 1 is 1.06 bits per heavy atom. The standard InChI is InChI=1S/C33H45N7O8S/c1-19(2)49(47,48)24-13-11-22(12-14-24)30(43)37-25(15-21-9-7-6-8-10-21)32(45)39-18-23(40-27(17-35-38-40)33(4,5)46)16-26(39)31(44)36-20(3)28(41)29(34)42/h11-14,17,19-21,23,26,46H,6-10,15-16,18H2,1-5H3,(H2,34,42)(H,36,44)/b37-25+/t20?,23-,26-/m0/s1. The van der Waals surface area contributed by atoms with Gasteiger partial charge in [-0.15, -0.1) is 5.10 Å². The molecule has 2 aliphatic rings. The van der Waals surface area contributed by atoms with Crippen LogP contribution in [0.5, 0.6) is 0 Å². The molecule has 0 bridgehead atoms. The number of aromatic nitrogens is 3. The number of hydrogen-bond acceptors (Lipinski definition) is 10. The van der Waals surface area contributed by atoms with Crippen molar-refractivity contribution in [1.82, 2.24) is 25.2 Å². The quantitative estimate of drug-likeness (QED) is 0.214. The normalized spacial score (nSPS) is 19.9. The Hall–Kier alpha value is -4.31. The number of ketones is 1. The second-order valence-electron chi connectivity index (χ2n) is 13.6. The molecule has 2 heterocycles. The van der Waals surface area contributed by atoms with E-state index in [0.717, 1.165) is 32.1 Å². The van der Waals surface area contributed by atoms with Gasteiger partial charge in [0.15, 0.2) is 9.84 Å². The average molecular weight is 700 g/mol. The van der Waals surface area contributed by atoms with Crippen LogP contribution < -0.4 is 11.1 Å². The number of carbonyl (C=O) groups is 5. The summed E-state index contributed by atoms with van der Waals surface area (Å²) in [5.74, 6) is -4.31. The molecule has 1 saturated heterocycles. The predicted molar refractivity (Wildman–Crippen MR) is 178 cm³/mol. The van der Waals surface area contributed by atoms with Crippen molar-refractivity contribution in [2.75, 3.05) is 6.54 Å². The van der Waals surface area contributed by atoms with Crippen molar-refractivity contribution in [2.24, 2.45) is 16.6 Å². The summed E-state index contributed by atoms with van der Waals surface area (Å²) in [5.41, 5.74) is 4.14. The average Bonchev–Trinajstić information content (AvgIpc) is 3.72. The van der Waals surface area contributed by atoms with Gasteiger partial charge in [-0.05, 0) is 71.2 Å². The number of carbonyl (C=O) groups excluding carboxylic acids is 5. The third-order valence-corrected chi connectivity index (χ3v) is 11.3. The lowest BCUT2D eigenvalue weighted by Gasteiger charge is -2.27. The van der Waals surface area contributed by atoms with Crippen LogP contribution in [0.1, 0.15) is 102 Å². The van der Waals surface area contributed by atoms with Gasteiger partial charge < -0.3 is 21.1 Å². The molecule has 266 valence electrons. The van der Waals surface area contributed by atoms with E-state index in [2.05, 4.69) is 20.6 Å². The molecule has 4 amide bonds. The van der Waals surface area contributed by atoms with E-state index in [1.807, 2.05) is 0 Å². The maximum atomic E-state index is 14.4. The number of amides is 4. The number of aliphatic hydroxyl groups is 1. The summed E-state index contributed by atoms with van der Waals surface area (Å²) >= 11 is 0. The molecule has 1 aromatic carbocycles. The fourth-order valence-electron chi connectivity index (χ4n) is 6.26. The zero-order chi connectivity index (χ0) is 36.3. The first-order valence-electron chi connectivity index (χ1n) is 16.5. The number of sulfone groups is 1. The van der Waals surface area contributed by atoms with Crippen molar-refractivity contribution in [3.05, 3.63) is 41.7 Å². The minimum atomic E-state index is -3.58. The smallest absolute Gasteiger partial charge is 0.287 e.